The zero-order chi connectivity index (χ0) is 23.9. The molecule has 4 rings (SSSR count). The number of alkyl halides is 3. The van der Waals surface area contributed by atoms with Gasteiger partial charge in [-0.05, 0) is 60.4 Å². The van der Waals surface area contributed by atoms with Crippen molar-refractivity contribution in [2.45, 2.75) is 44.8 Å². The SMILES string of the molecule is Cc1nc2cc(-c3ccc([C@@H]4CC(NCC(F)(F)F)C[C@H](C)C4C(=O)O)cc3)ccc2n1C. The van der Waals surface area contributed by atoms with Gasteiger partial charge < -0.3 is 15.0 Å². The maximum absolute atomic E-state index is 12.7. The van der Waals surface area contributed by atoms with Gasteiger partial charge in [0.15, 0.2) is 0 Å². The third-order valence-corrected chi connectivity index (χ3v) is 6.89. The Kier molecular flexibility index (Phi) is 6.22. The van der Waals surface area contributed by atoms with Crippen molar-refractivity contribution in [2.75, 3.05) is 6.54 Å². The van der Waals surface area contributed by atoms with Crippen LogP contribution in [0.5, 0.6) is 0 Å². The summed E-state index contributed by atoms with van der Waals surface area (Å²) in [5, 5.41) is 12.4. The van der Waals surface area contributed by atoms with Crippen molar-refractivity contribution < 1.29 is 23.1 Å². The topological polar surface area (TPSA) is 67.2 Å². The minimum atomic E-state index is -4.29. The number of hydrogen-bond donors (Lipinski definition) is 2. The number of aryl methyl sites for hydroxylation is 2. The first kappa shape index (κ1) is 23.3. The number of fused-ring (bicyclic) bond motifs is 1. The number of imidazole rings is 1. The van der Waals surface area contributed by atoms with Gasteiger partial charge in [0.2, 0.25) is 0 Å². The van der Waals surface area contributed by atoms with E-state index in [1.165, 1.54) is 0 Å². The van der Waals surface area contributed by atoms with Crippen LogP contribution in [0.4, 0.5) is 13.2 Å². The predicted molar refractivity (Wildman–Crippen MR) is 121 cm³/mol. The third kappa shape index (κ3) is 4.90. The molecule has 1 fully saturated rings. The van der Waals surface area contributed by atoms with E-state index in [9.17, 15) is 23.1 Å². The lowest BCUT2D eigenvalue weighted by Crippen LogP contribution is -2.45. The minimum Gasteiger partial charge on any atom is -0.481 e. The number of benzene rings is 2. The normalized spacial score (nSPS) is 23.7. The molecule has 0 amide bonds. The van der Waals surface area contributed by atoms with Gasteiger partial charge in [-0.2, -0.15) is 13.2 Å². The number of nitrogens with zero attached hydrogens (tertiary/aromatic N) is 2. The summed E-state index contributed by atoms with van der Waals surface area (Å²) in [5.41, 5.74) is 4.77. The zero-order valence-corrected chi connectivity index (χ0v) is 18.9. The molecule has 2 N–H and O–H groups in total. The molecule has 1 aromatic heterocycles. The molecule has 3 aromatic rings. The molecule has 1 aliphatic rings. The molecule has 5 nitrogen and oxygen atoms in total. The van der Waals surface area contributed by atoms with Crippen LogP contribution in [0.25, 0.3) is 22.2 Å². The van der Waals surface area contributed by atoms with E-state index in [0.717, 1.165) is 33.5 Å². The van der Waals surface area contributed by atoms with Crippen LogP contribution < -0.4 is 5.32 Å². The summed E-state index contributed by atoms with van der Waals surface area (Å²) in [6.45, 7) is 2.70. The fourth-order valence-electron chi connectivity index (χ4n) is 5.15. The Hall–Kier alpha value is -2.87. The van der Waals surface area contributed by atoms with E-state index < -0.39 is 24.6 Å². The maximum atomic E-state index is 12.7. The highest BCUT2D eigenvalue weighted by Crippen LogP contribution is 2.42. The number of nitrogens with one attached hydrogen (secondary N) is 1. The Morgan fingerprint density at radius 2 is 1.82 bits per heavy atom. The fraction of sp³-hybridized carbons (Fsp3) is 0.440. The highest BCUT2D eigenvalue weighted by atomic mass is 19.4. The number of rotatable bonds is 5. The van der Waals surface area contributed by atoms with Crippen molar-refractivity contribution in [2.24, 2.45) is 18.9 Å². The smallest absolute Gasteiger partial charge is 0.401 e. The van der Waals surface area contributed by atoms with Gasteiger partial charge in [0.05, 0.1) is 23.5 Å². The van der Waals surface area contributed by atoms with E-state index in [-0.39, 0.29) is 17.9 Å². The molecule has 1 aliphatic carbocycles. The summed E-state index contributed by atoms with van der Waals surface area (Å²) in [6.07, 6.45) is -3.53. The van der Waals surface area contributed by atoms with Crippen molar-refractivity contribution in [3.63, 3.8) is 0 Å². The average Bonchev–Trinajstić information content (AvgIpc) is 3.04. The lowest BCUT2D eigenvalue weighted by Gasteiger charge is -2.39. The number of carboxylic acid groups (broad SMARTS) is 1. The summed E-state index contributed by atoms with van der Waals surface area (Å²) >= 11 is 0. The van der Waals surface area contributed by atoms with Crippen molar-refractivity contribution in [1.29, 1.82) is 0 Å². The maximum Gasteiger partial charge on any atom is 0.401 e. The van der Waals surface area contributed by atoms with Crippen LogP contribution in [-0.4, -0.2) is 39.4 Å². The van der Waals surface area contributed by atoms with Crippen LogP contribution >= 0.6 is 0 Å². The van der Waals surface area contributed by atoms with Gasteiger partial charge in [-0.25, -0.2) is 4.98 Å². The van der Waals surface area contributed by atoms with Gasteiger partial charge >= 0.3 is 12.1 Å². The van der Waals surface area contributed by atoms with Crippen molar-refractivity contribution in [3.8, 4) is 11.1 Å². The van der Waals surface area contributed by atoms with Crippen LogP contribution in [0.15, 0.2) is 42.5 Å². The molecule has 0 spiro atoms. The molecular formula is C25H28F3N3O2. The zero-order valence-electron chi connectivity index (χ0n) is 18.9. The molecule has 0 aliphatic heterocycles. The molecular weight excluding hydrogens is 431 g/mol. The van der Waals surface area contributed by atoms with Crippen molar-refractivity contribution in [3.05, 3.63) is 53.9 Å². The molecule has 176 valence electrons. The molecule has 33 heavy (non-hydrogen) atoms. The van der Waals surface area contributed by atoms with Crippen molar-refractivity contribution in [1.82, 2.24) is 14.9 Å². The summed E-state index contributed by atoms with van der Waals surface area (Å²) in [4.78, 5) is 16.6. The first-order valence-electron chi connectivity index (χ1n) is 11.1. The first-order chi connectivity index (χ1) is 15.5. The van der Waals surface area contributed by atoms with Crippen LogP contribution in [0.1, 0.15) is 37.1 Å². The van der Waals surface area contributed by atoms with Gasteiger partial charge in [0.25, 0.3) is 0 Å². The second-order valence-electron chi connectivity index (χ2n) is 9.16. The average molecular weight is 460 g/mol. The van der Waals surface area contributed by atoms with E-state index in [2.05, 4.69) is 10.3 Å². The van der Waals surface area contributed by atoms with Gasteiger partial charge in [-0.1, -0.05) is 37.3 Å². The van der Waals surface area contributed by atoms with Crippen LogP contribution in [-0.2, 0) is 11.8 Å². The van der Waals surface area contributed by atoms with Crippen LogP contribution in [0, 0.1) is 18.8 Å². The molecule has 2 unspecified atom stereocenters. The molecule has 8 heteroatoms. The fourth-order valence-corrected chi connectivity index (χ4v) is 5.15. The van der Waals surface area contributed by atoms with Crippen LogP contribution in [0.2, 0.25) is 0 Å². The minimum absolute atomic E-state index is 0.235. The third-order valence-electron chi connectivity index (χ3n) is 6.89. The molecule has 0 radical (unpaired) electrons. The Labute approximate surface area is 190 Å². The largest absolute Gasteiger partial charge is 0.481 e. The van der Waals surface area contributed by atoms with E-state index in [1.54, 1.807) is 0 Å². The highest BCUT2D eigenvalue weighted by Gasteiger charge is 2.41. The summed E-state index contributed by atoms with van der Waals surface area (Å²) in [5.74, 6) is -1.19. The highest BCUT2D eigenvalue weighted by molar-refractivity contribution is 5.82. The van der Waals surface area contributed by atoms with Crippen molar-refractivity contribution >= 4 is 17.0 Å². The van der Waals surface area contributed by atoms with E-state index >= 15 is 0 Å². The second-order valence-corrected chi connectivity index (χ2v) is 9.16. The van der Waals surface area contributed by atoms with E-state index in [0.29, 0.717) is 12.8 Å². The van der Waals surface area contributed by atoms with E-state index in [4.69, 9.17) is 0 Å². The summed E-state index contributed by atoms with van der Waals surface area (Å²) < 4.78 is 40.1. The quantitative estimate of drug-likeness (QED) is 0.545. The standard InChI is InChI=1S/C25H28F3N3O2/c1-14-10-19(29-13-25(26,27)28)12-20(23(14)24(32)33)17-6-4-16(5-7-17)18-8-9-22-21(11-18)30-15(2)31(22)3/h4-9,11,14,19-20,23,29H,10,12-13H2,1-3H3,(H,32,33)/t14-,19?,20-,23?/m0/s1. The lowest BCUT2D eigenvalue weighted by molar-refractivity contribution is -0.146. The Morgan fingerprint density at radius 1 is 1.15 bits per heavy atom. The molecule has 0 saturated heterocycles. The number of hydrogen-bond acceptors (Lipinski definition) is 3. The molecule has 4 atom stereocenters. The number of aliphatic carboxylic acids is 1. The Bertz CT molecular complexity index is 1150. The Morgan fingerprint density at radius 3 is 2.45 bits per heavy atom. The Balaban J connectivity index is 1.59. The predicted octanol–water partition coefficient (Wildman–Crippen LogP) is 5.28. The van der Waals surface area contributed by atoms with Gasteiger partial charge in [0.1, 0.15) is 5.82 Å². The lowest BCUT2D eigenvalue weighted by atomic mass is 9.68. The molecule has 0 bridgehead atoms. The van der Waals surface area contributed by atoms with Gasteiger partial charge in [-0.3, -0.25) is 4.79 Å². The first-order valence-corrected chi connectivity index (χ1v) is 11.1. The monoisotopic (exact) mass is 459 g/mol. The number of carbonyl (C=O) groups is 1. The van der Waals surface area contributed by atoms with Gasteiger partial charge in [-0.15, -0.1) is 0 Å². The molecule has 1 heterocycles. The molecule has 2 aromatic carbocycles. The summed E-state index contributed by atoms with van der Waals surface area (Å²) in [7, 11) is 1.97. The second kappa shape index (κ2) is 8.82. The number of carboxylic acids is 1. The van der Waals surface area contributed by atoms with Gasteiger partial charge in [0, 0.05) is 13.1 Å². The number of aromatic nitrogens is 2. The van der Waals surface area contributed by atoms with Crippen LogP contribution in [0.3, 0.4) is 0 Å². The molecule has 1 saturated carbocycles. The number of halogens is 3. The van der Waals surface area contributed by atoms with E-state index in [1.807, 2.05) is 67.9 Å². The summed E-state index contributed by atoms with van der Waals surface area (Å²) in [6, 6.07) is 13.4.